The summed E-state index contributed by atoms with van der Waals surface area (Å²) in [5.74, 6) is -2.03. The molecule has 3 rings (SSSR count). The van der Waals surface area contributed by atoms with Crippen LogP contribution in [-0.4, -0.2) is 42.1 Å². The molecule has 1 aliphatic rings. The van der Waals surface area contributed by atoms with Gasteiger partial charge in [0.05, 0.1) is 29.8 Å². The number of carbonyl (C=O) groups excluding carboxylic acids is 2. The number of urea groups is 1. The number of ether oxygens (including phenoxy) is 1. The van der Waals surface area contributed by atoms with Crippen LogP contribution in [0.1, 0.15) is 36.1 Å². The maximum atomic E-state index is 14.3. The standard InChI is InChI=1S/C21H20ClF4N3O3/c1-32-18(30)11-20(17-5-4-15(22)12-27-17,28-19(31)29-6-2-3-7-29)13-8-14(21(24,25)26)10-16(23)9-13/h4-5,8-10,12H,2-3,6-7,11H2,1H3,(H,28,31)/t20-/m0/s1. The smallest absolute Gasteiger partial charge is 0.416 e. The second-order valence-electron chi connectivity index (χ2n) is 7.37. The molecule has 1 saturated heterocycles. The Balaban J connectivity index is 2.24. The van der Waals surface area contributed by atoms with Crippen molar-refractivity contribution < 1.29 is 31.9 Å². The van der Waals surface area contributed by atoms with Crippen LogP contribution in [0.3, 0.4) is 0 Å². The number of rotatable bonds is 5. The number of hydrogen-bond acceptors (Lipinski definition) is 4. The highest BCUT2D eigenvalue weighted by atomic mass is 35.5. The van der Waals surface area contributed by atoms with E-state index in [9.17, 15) is 27.2 Å². The summed E-state index contributed by atoms with van der Waals surface area (Å²) in [5, 5.41) is 2.87. The van der Waals surface area contributed by atoms with E-state index < -0.39 is 41.5 Å². The van der Waals surface area contributed by atoms with Gasteiger partial charge in [-0.1, -0.05) is 11.6 Å². The maximum Gasteiger partial charge on any atom is 0.416 e. The largest absolute Gasteiger partial charge is 0.469 e. The van der Waals surface area contributed by atoms with Crippen molar-refractivity contribution in [2.45, 2.75) is 31.0 Å². The van der Waals surface area contributed by atoms with E-state index in [1.807, 2.05) is 0 Å². The minimum absolute atomic E-state index is 0.00132. The first-order valence-corrected chi connectivity index (χ1v) is 10.1. The first kappa shape index (κ1) is 23.8. The number of methoxy groups -OCH3 is 1. The highest BCUT2D eigenvalue weighted by Crippen LogP contribution is 2.38. The first-order valence-electron chi connectivity index (χ1n) is 9.69. The molecule has 1 N–H and O–H groups in total. The van der Waals surface area contributed by atoms with Crippen molar-refractivity contribution in [3.63, 3.8) is 0 Å². The maximum absolute atomic E-state index is 14.3. The molecule has 1 atom stereocenters. The van der Waals surface area contributed by atoms with E-state index in [0.29, 0.717) is 25.2 Å². The molecule has 0 spiro atoms. The van der Waals surface area contributed by atoms with E-state index >= 15 is 0 Å². The van der Waals surface area contributed by atoms with Crippen molar-refractivity contribution in [2.75, 3.05) is 20.2 Å². The molecular formula is C21H20ClF4N3O3. The van der Waals surface area contributed by atoms with Crippen LogP contribution in [0.25, 0.3) is 0 Å². The van der Waals surface area contributed by atoms with Gasteiger partial charge in [0, 0.05) is 19.3 Å². The SMILES string of the molecule is COC(=O)C[C@](NC(=O)N1CCCC1)(c1cc(F)cc(C(F)(F)F)c1)c1ccc(Cl)cn1. The first-order chi connectivity index (χ1) is 15.0. The van der Waals surface area contributed by atoms with Crippen LogP contribution >= 0.6 is 11.6 Å². The monoisotopic (exact) mass is 473 g/mol. The van der Waals surface area contributed by atoms with Crippen LogP contribution in [0, 0.1) is 5.82 Å². The lowest BCUT2D eigenvalue weighted by molar-refractivity contribution is -0.142. The summed E-state index contributed by atoms with van der Waals surface area (Å²) < 4.78 is 59.4. The Morgan fingerprint density at radius 3 is 2.38 bits per heavy atom. The van der Waals surface area contributed by atoms with Gasteiger partial charge < -0.3 is 15.0 Å². The van der Waals surface area contributed by atoms with Crippen LogP contribution < -0.4 is 5.32 Å². The number of alkyl halides is 3. The van der Waals surface area contributed by atoms with Crippen molar-refractivity contribution in [3.05, 3.63) is 64.2 Å². The van der Waals surface area contributed by atoms with Gasteiger partial charge in [-0.3, -0.25) is 9.78 Å². The van der Waals surface area contributed by atoms with Crippen molar-refractivity contribution in [2.24, 2.45) is 0 Å². The number of aromatic nitrogens is 1. The van der Waals surface area contributed by atoms with Gasteiger partial charge >= 0.3 is 18.2 Å². The fourth-order valence-corrected chi connectivity index (χ4v) is 3.73. The lowest BCUT2D eigenvalue weighted by Crippen LogP contribution is -2.53. The van der Waals surface area contributed by atoms with E-state index in [-0.39, 0.29) is 16.3 Å². The molecule has 0 aliphatic carbocycles. The average Bonchev–Trinajstić information content (AvgIpc) is 3.27. The summed E-state index contributed by atoms with van der Waals surface area (Å²) in [4.78, 5) is 31.0. The molecule has 0 radical (unpaired) electrons. The van der Waals surface area contributed by atoms with Gasteiger partial charge in [-0.15, -0.1) is 0 Å². The molecule has 172 valence electrons. The van der Waals surface area contributed by atoms with Crippen molar-refractivity contribution in [3.8, 4) is 0 Å². The molecule has 0 bridgehead atoms. The number of halogens is 5. The summed E-state index contributed by atoms with van der Waals surface area (Å²) in [6, 6.07) is 3.99. The van der Waals surface area contributed by atoms with E-state index in [4.69, 9.17) is 16.3 Å². The Kier molecular flexibility index (Phi) is 6.92. The predicted molar refractivity (Wildman–Crippen MR) is 107 cm³/mol. The third-order valence-electron chi connectivity index (χ3n) is 5.23. The molecule has 0 unspecified atom stereocenters. The molecule has 1 aromatic heterocycles. The van der Waals surface area contributed by atoms with Crippen LogP contribution in [0.5, 0.6) is 0 Å². The number of nitrogens with zero attached hydrogens (tertiary/aromatic N) is 2. The Morgan fingerprint density at radius 2 is 1.81 bits per heavy atom. The second kappa shape index (κ2) is 9.32. The van der Waals surface area contributed by atoms with Crippen LogP contribution in [-0.2, 0) is 21.2 Å². The van der Waals surface area contributed by atoms with Gasteiger partial charge in [-0.2, -0.15) is 13.2 Å². The summed E-state index contributed by atoms with van der Waals surface area (Å²) in [5.41, 5.74) is -3.53. The van der Waals surface area contributed by atoms with Gasteiger partial charge in [-0.25, -0.2) is 9.18 Å². The molecule has 6 nitrogen and oxygen atoms in total. The fourth-order valence-electron chi connectivity index (χ4n) is 3.62. The van der Waals surface area contributed by atoms with Crippen molar-refractivity contribution in [1.82, 2.24) is 15.2 Å². The molecule has 2 aromatic rings. The number of nitrogens with one attached hydrogen (secondary N) is 1. The van der Waals surface area contributed by atoms with Crippen LogP contribution in [0.2, 0.25) is 5.02 Å². The number of amides is 2. The van der Waals surface area contributed by atoms with Gasteiger partial charge in [-0.05, 0) is 48.7 Å². The Hall–Kier alpha value is -2.88. The number of benzene rings is 1. The molecule has 32 heavy (non-hydrogen) atoms. The molecule has 2 amide bonds. The molecule has 1 aliphatic heterocycles. The molecular weight excluding hydrogens is 454 g/mol. The number of pyridine rings is 1. The zero-order valence-electron chi connectivity index (χ0n) is 17.0. The minimum Gasteiger partial charge on any atom is -0.469 e. The predicted octanol–water partition coefficient (Wildman–Crippen LogP) is 4.51. The summed E-state index contributed by atoms with van der Waals surface area (Å²) in [6.07, 6.45) is -2.75. The van der Waals surface area contributed by atoms with Crippen LogP contribution in [0.15, 0.2) is 36.5 Å². The van der Waals surface area contributed by atoms with Gasteiger partial charge in [0.15, 0.2) is 0 Å². The van der Waals surface area contributed by atoms with E-state index in [2.05, 4.69) is 10.3 Å². The highest BCUT2D eigenvalue weighted by Gasteiger charge is 2.43. The minimum atomic E-state index is -4.86. The summed E-state index contributed by atoms with van der Waals surface area (Å²) >= 11 is 5.90. The zero-order chi connectivity index (χ0) is 23.5. The molecule has 0 saturated carbocycles. The third kappa shape index (κ3) is 5.12. The Morgan fingerprint density at radius 1 is 1.16 bits per heavy atom. The average molecular weight is 474 g/mol. The van der Waals surface area contributed by atoms with Crippen molar-refractivity contribution >= 4 is 23.6 Å². The lowest BCUT2D eigenvalue weighted by Gasteiger charge is -2.36. The lowest BCUT2D eigenvalue weighted by atomic mass is 9.82. The van der Waals surface area contributed by atoms with Crippen molar-refractivity contribution in [1.29, 1.82) is 0 Å². The number of hydrogen-bond donors (Lipinski definition) is 1. The highest BCUT2D eigenvalue weighted by molar-refractivity contribution is 6.30. The van der Waals surface area contributed by atoms with Crippen LogP contribution in [0.4, 0.5) is 22.4 Å². The van der Waals surface area contributed by atoms with E-state index in [1.54, 1.807) is 0 Å². The van der Waals surface area contributed by atoms with Gasteiger partial charge in [0.25, 0.3) is 0 Å². The van der Waals surface area contributed by atoms with Gasteiger partial charge in [0.2, 0.25) is 0 Å². The number of esters is 1. The molecule has 11 heteroatoms. The van der Waals surface area contributed by atoms with E-state index in [0.717, 1.165) is 26.0 Å². The third-order valence-corrected chi connectivity index (χ3v) is 5.46. The van der Waals surface area contributed by atoms with E-state index in [1.165, 1.54) is 23.2 Å². The molecule has 1 fully saturated rings. The zero-order valence-corrected chi connectivity index (χ0v) is 17.8. The van der Waals surface area contributed by atoms with Gasteiger partial charge in [0.1, 0.15) is 11.4 Å². The quantitative estimate of drug-likeness (QED) is 0.512. The summed E-state index contributed by atoms with van der Waals surface area (Å²) in [6.45, 7) is 0.871. The second-order valence-corrected chi connectivity index (χ2v) is 7.81. The number of carbonyl (C=O) groups is 2. The normalized spacial score (nSPS) is 15.9. The molecule has 1 aromatic carbocycles. The number of likely N-dealkylation sites (tertiary alicyclic amines) is 1. The Labute approximate surface area is 186 Å². The fraction of sp³-hybridized carbons (Fsp3) is 0.381. The topological polar surface area (TPSA) is 71.5 Å². The molecule has 2 heterocycles. The summed E-state index contributed by atoms with van der Waals surface area (Å²) in [7, 11) is 1.09. The Bertz CT molecular complexity index is 995.